The summed E-state index contributed by atoms with van der Waals surface area (Å²) >= 11 is 0. The first-order chi connectivity index (χ1) is 9.90. The lowest BCUT2D eigenvalue weighted by Crippen LogP contribution is -2.33. The van der Waals surface area contributed by atoms with E-state index in [9.17, 15) is 5.11 Å². The van der Waals surface area contributed by atoms with E-state index in [0.717, 1.165) is 35.4 Å². The number of hydrogen-bond donors (Lipinski definition) is 2. The predicted octanol–water partition coefficient (Wildman–Crippen LogP) is 2.94. The molecule has 4 heteroatoms. The maximum absolute atomic E-state index is 10.5. The summed E-state index contributed by atoms with van der Waals surface area (Å²) in [7, 11) is 2.01. The molecule has 1 aromatic heterocycles. The van der Waals surface area contributed by atoms with Crippen LogP contribution in [0.1, 0.15) is 44.7 Å². The number of nitrogens with zero attached hydrogens (tertiary/aromatic N) is 2. The summed E-state index contributed by atoms with van der Waals surface area (Å²) in [5.41, 5.74) is 2.97. The van der Waals surface area contributed by atoms with E-state index in [2.05, 4.69) is 28.7 Å². The average molecular weight is 289 g/mol. The number of nitrogens with one attached hydrogen (secondary N) is 1. The number of aliphatic hydroxyl groups excluding tert-OH is 1. The summed E-state index contributed by atoms with van der Waals surface area (Å²) in [6.45, 7) is 9.37. The Hall–Kier alpha value is -1.39. The van der Waals surface area contributed by atoms with Crippen LogP contribution in [0.25, 0.3) is 11.0 Å². The first kappa shape index (κ1) is 16.0. The first-order valence-corrected chi connectivity index (χ1v) is 7.74. The van der Waals surface area contributed by atoms with Gasteiger partial charge in [0, 0.05) is 13.1 Å². The van der Waals surface area contributed by atoms with Gasteiger partial charge in [-0.1, -0.05) is 19.9 Å². The molecule has 0 aliphatic heterocycles. The molecule has 1 aromatic carbocycles. The van der Waals surface area contributed by atoms with Gasteiger partial charge in [0.05, 0.1) is 17.1 Å². The Morgan fingerprint density at radius 2 is 2.00 bits per heavy atom. The van der Waals surface area contributed by atoms with E-state index >= 15 is 0 Å². The third-order valence-electron chi connectivity index (χ3n) is 4.13. The topological polar surface area (TPSA) is 50.1 Å². The van der Waals surface area contributed by atoms with Crippen LogP contribution in [0.15, 0.2) is 18.2 Å². The lowest BCUT2D eigenvalue weighted by Gasteiger charge is -2.21. The Morgan fingerprint density at radius 3 is 2.67 bits per heavy atom. The fourth-order valence-electron chi connectivity index (χ4n) is 2.52. The molecule has 2 atom stereocenters. The fraction of sp³-hybridized carbons (Fsp3) is 0.588. The van der Waals surface area contributed by atoms with Crippen molar-refractivity contribution >= 4 is 11.0 Å². The van der Waals surface area contributed by atoms with Gasteiger partial charge < -0.3 is 15.0 Å². The normalized spacial score (nSPS) is 14.8. The zero-order valence-corrected chi connectivity index (χ0v) is 13.7. The monoisotopic (exact) mass is 289 g/mol. The van der Waals surface area contributed by atoms with Crippen LogP contribution >= 0.6 is 0 Å². The highest BCUT2D eigenvalue weighted by Gasteiger charge is 2.17. The molecule has 0 saturated carbocycles. The van der Waals surface area contributed by atoms with E-state index in [-0.39, 0.29) is 6.04 Å². The molecule has 0 bridgehead atoms. The zero-order chi connectivity index (χ0) is 15.6. The van der Waals surface area contributed by atoms with Crippen LogP contribution in [0, 0.1) is 12.8 Å². The molecule has 2 unspecified atom stereocenters. The van der Waals surface area contributed by atoms with Crippen LogP contribution in [0.2, 0.25) is 0 Å². The minimum Gasteiger partial charge on any atom is -0.387 e. The van der Waals surface area contributed by atoms with E-state index in [0.29, 0.717) is 5.92 Å². The molecule has 2 N–H and O–H groups in total. The van der Waals surface area contributed by atoms with Gasteiger partial charge in [-0.05, 0) is 50.4 Å². The Balaban J connectivity index is 2.09. The molecular weight excluding hydrogens is 262 g/mol. The third-order valence-corrected chi connectivity index (χ3v) is 4.13. The second-order valence-corrected chi connectivity index (χ2v) is 6.34. The molecule has 0 aliphatic carbocycles. The summed E-state index contributed by atoms with van der Waals surface area (Å²) in [6.07, 6.45) is 0.610. The van der Waals surface area contributed by atoms with E-state index in [1.165, 1.54) is 0 Å². The smallest absolute Gasteiger partial charge is 0.106 e. The van der Waals surface area contributed by atoms with Gasteiger partial charge in [0.15, 0.2) is 0 Å². The number of fused-ring (bicyclic) bond motifs is 1. The molecule has 0 aliphatic rings. The molecule has 0 radical (unpaired) electrons. The number of rotatable bonds is 6. The van der Waals surface area contributed by atoms with Gasteiger partial charge in [0.25, 0.3) is 0 Å². The van der Waals surface area contributed by atoms with Crippen molar-refractivity contribution < 1.29 is 5.11 Å². The fourth-order valence-corrected chi connectivity index (χ4v) is 2.52. The maximum atomic E-state index is 10.5. The Kier molecular flexibility index (Phi) is 5.01. The van der Waals surface area contributed by atoms with Crippen molar-refractivity contribution in [1.82, 2.24) is 14.9 Å². The van der Waals surface area contributed by atoms with E-state index in [4.69, 9.17) is 0 Å². The Labute approximate surface area is 127 Å². The van der Waals surface area contributed by atoms with Crippen LogP contribution in [-0.4, -0.2) is 27.2 Å². The summed E-state index contributed by atoms with van der Waals surface area (Å²) in [6, 6.07) is 6.06. The molecule has 2 rings (SSSR count). The quantitative estimate of drug-likeness (QED) is 0.859. The summed E-state index contributed by atoms with van der Waals surface area (Å²) in [4.78, 5) is 4.53. The highest BCUT2D eigenvalue weighted by Crippen LogP contribution is 2.22. The number of benzene rings is 1. The van der Waals surface area contributed by atoms with Crippen LogP contribution in [0.5, 0.6) is 0 Å². The van der Waals surface area contributed by atoms with E-state index in [1.54, 1.807) is 0 Å². The van der Waals surface area contributed by atoms with Gasteiger partial charge in [-0.2, -0.15) is 0 Å². The van der Waals surface area contributed by atoms with Crippen LogP contribution in [0.4, 0.5) is 0 Å². The Morgan fingerprint density at radius 1 is 1.29 bits per heavy atom. The SMILES string of the molecule is Cc1nc2cc(C(O)C(C)NCCC(C)C)ccc2n1C. The lowest BCUT2D eigenvalue weighted by molar-refractivity contribution is 0.135. The summed E-state index contributed by atoms with van der Waals surface area (Å²) < 4.78 is 2.07. The van der Waals surface area contributed by atoms with Gasteiger partial charge >= 0.3 is 0 Å². The summed E-state index contributed by atoms with van der Waals surface area (Å²) in [5.74, 6) is 1.66. The van der Waals surface area contributed by atoms with Crippen molar-refractivity contribution in [3.8, 4) is 0 Å². The van der Waals surface area contributed by atoms with Crippen LogP contribution in [0.3, 0.4) is 0 Å². The van der Waals surface area contributed by atoms with Crippen molar-refractivity contribution in [3.63, 3.8) is 0 Å². The number of imidazole rings is 1. The minimum absolute atomic E-state index is 0.0333. The second kappa shape index (κ2) is 6.58. The van der Waals surface area contributed by atoms with Crippen LogP contribution in [-0.2, 0) is 7.05 Å². The number of aromatic nitrogens is 2. The molecule has 0 amide bonds. The molecule has 0 saturated heterocycles. The van der Waals surface area contributed by atoms with Crippen molar-refractivity contribution in [3.05, 3.63) is 29.6 Å². The molecule has 2 aromatic rings. The van der Waals surface area contributed by atoms with E-state index in [1.807, 2.05) is 39.1 Å². The third kappa shape index (κ3) is 3.63. The van der Waals surface area contributed by atoms with Crippen molar-refractivity contribution in [1.29, 1.82) is 0 Å². The molecule has 0 fully saturated rings. The largest absolute Gasteiger partial charge is 0.387 e. The number of aliphatic hydroxyl groups is 1. The maximum Gasteiger partial charge on any atom is 0.106 e. The molecule has 21 heavy (non-hydrogen) atoms. The minimum atomic E-state index is -0.510. The number of aryl methyl sites for hydroxylation is 2. The molecule has 1 heterocycles. The molecular formula is C17H27N3O. The lowest BCUT2D eigenvalue weighted by atomic mass is 10.0. The van der Waals surface area contributed by atoms with E-state index < -0.39 is 6.10 Å². The number of hydrogen-bond acceptors (Lipinski definition) is 3. The summed E-state index contributed by atoms with van der Waals surface area (Å²) in [5, 5.41) is 13.9. The second-order valence-electron chi connectivity index (χ2n) is 6.34. The predicted molar refractivity (Wildman–Crippen MR) is 87.3 cm³/mol. The van der Waals surface area contributed by atoms with Gasteiger partial charge in [-0.25, -0.2) is 4.98 Å². The van der Waals surface area contributed by atoms with Crippen molar-refractivity contribution in [2.75, 3.05) is 6.54 Å². The Bertz CT molecular complexity index is 603. The first-order valence-electron chi connectivity index (χ1n) is 7.74. The van der Waals surface area contributed by atoms with Gasteiger partial charge in [0.1, 0.15) is 5.82 Å². The standard InChI is InChI=1S/C17H27N3O/c1-11(2)8-9-18-12(3)17(21)14-6-7-16-15(10-14)19-13(4)20(16)5/h6-7,10-12,17-18,21H,8-9H2,1-5H3. The highest BCUT2D eigenvalue weighted by atomic mass is 16.3. The van der Waals surface area contributed by atoms with Gasteiger partial charge in [-0.3, -0.25) is 0 Å². The molecule has 4 nitrogen and oxygen atoms in total. The zero-order valence-electron chi connectivity index (χ0n) is 13.7. The van der Waals surface area contributed by atoms with Gasteiger partial charge in [0.2, 0.25) is 0 Å². The van der Waals surface area contributed by atoms with Gasteiger partial charge in [-0.15, -0.1) is 0 Å². The molecule has 0 spiro atoms. The molecule has 116 valence electrons. The van der Waals surface area contributed by atoms with Crippen LogP contribution < -0.4 is 5.32 Å². The van der Waals surface area contributed by atoms with Crippen molar-refractivity contribution in [2.24, 2.45) is 13.0 Å². The highest BCUT2D eigenvalue weighted by molar-refractivity contribution is 5.76. The average Bonchev–Trinajstić information content (AvgIpc) is 2.72. The van der Waals surface area contributed by atoms with Crippen molar-refractivity contribution in [2.45, 2.75) is 46.3 Å².